The Morgan fingerprint density at radius 2 is 2.06 bits per heavy atom. The number of hydrogen-bond acceptors (Lipinski definition) is 3. The summed E-state index contributed by atoms with van der Waals surface area (Å²) in [6.07, 6.45) is 0. The van der Waals surface area contributed by atoms with Crippen LogP contribution in [0.25, 0.3) is 0 Å². The minimum atomic E-state index is -0.535. The van der Waals surface area contributed by atoms with Crippen molar-refractivity contribution in [2.24, 2.45) is 0 Å². The van der Waals surface area contributed by atoms with Gasteiger partial charge in [-0.2, -0.15) is 0 Å². The first-order chi connectivity index (χ1) is 7.41. The molecule has 0 saturated carbocycles. The van der Waals surface area contributed by atoms with Gasteiger partial charge in [0.05, 0.1) is 0 Å². The number of esters is 1. The predicted octanol–water partition coefficient (Wildman–Crippen LogP) is 3.00. The standard InChI is InChI=1S/C13H16O3/c1-8(2)10-5-6-12(11(14)7-10)16-13(15)9(3)4/h5-8,14H,3H2,1-2,4H3. The van der Waals surface area contributed by atoms with Gasteiger partial charge < -0.3 is 9.84 Å². The third-order valence-electron chi connectivity index (χ3n) is 2.20. The van der Waals surface area contributed by atoms with Crippen LogP contribution in [0.5, 0.6) is 11.5 Å². The highest BCUT2D eigenvalue weighted by Crippen LogP contribution is 2.30. The Labute approximate surface area is 95.4 Å². The minimum Gasteiger partial charge on any atom is -0.504 e. The number of benzene rings is 1. The summed E-state index contributed by atoms with van der Waals surface area (Å²) in [6.45, 7) is 9.07. The van der Waals surface area contributed by atoms with E-state index in [0.717, 1.165) is 5.56 Å². The van der Waals surface area contributed by atoms with Gasteiger partial charge in [-0.1, -0.05) is 26.5 Å². The molecule has 3 nitrogen and oxygen atoms in total. The molecule has 0 fully saturated rings. The van der Waals surface area contributed by atoms with Gasteiger partial charge in [0, 0.05) is 5.57 Å². The average molecular weight is 220 g/mol. The van der Waals surface area contributed by atoms with Gasteiger partial charge in [-0.05, 0) is 30.5 Å². The summed E-state index contributed by atoms with van der Waals surface area (Å²) < 4.78 is 4.95. The molecular formula is C13H16O3. The van der Waals surface area contributed by atoms with E-state index in [1.54, 1.807) is 19.1 Å². The fourth-order valence-electron chi connectivity index (χ4n) is 1.17. The van der Waals surface area contributed by atoms with Gasteiger partial charge in [0.1, 0.15) is 0 Å². The van der Waals surface area contributed by atoms with Crippen LogP contribution in [0.3, 0.4) is 0 Å². The molecule has 1 N–H and O–H groups in total. The first-order valence-corrected chi connectivity index (χ1v) is 5.12. The molecule has 0 spiro atoms. The fourth-order valence-corrected chi connectivity index (χ4v) is 1.17. The number of carbonyl (C=O) groups is 1. The molecule has 0 amide bonds. The van der Waals surface area contributed by atoms with Gasteiger partial charge >= 0.3 is 5.97 Å². The first kappa shape index (κ1) is 12.3. The van der Waals surface area contributed by atoms with Gasteiger partial charge in [0.25, 0.3) is 0 Å². The minimum absolute atomic E-state index is 0.0270. The van der Waals surface area contributed by atoms with Crippen molar-refractivity contribution in [2.45, 2.75) is 26.7 Å². The van der Waals surface area contributed by atoms with Crippen LogP contribution in [0.15, 0.2) is 30.4 Å². The summed E-state index contributed by atoms with van der Waals surface area (Å²) in [5.41, 5.74) is 1.29. The summed E-state index contributed by atoms with van der Waals surface area (Å²) in [5, 5.41) is 9.66. The van der Waals surface area contributed by atoms with Gasteiger partial charge in [0.15, 0.2) is 11.5 Å². The summed E-state index contributed by atoms with van der Waals surface area (Å²) in [4.78, 5) is 11.3. The van der Waals surface area contributed by atoms with Crippen LogP contribution in [-0.4, -0.2) is 11.1 Å². The van der Waals surface area contributed by atoms with Crippen molar-refractivity contribution in [2.75, 3.05) is 0 Å². The number of carbonyl (C=O) groups excluding carboxylic acids is 1. The highest BCUT2D eigenvalue weighted by molar-refractivity contribution is 5.89. The van der Waals surface area contributed by atoms with Gasteiger partial charge in [0.2, 0.25) is 0 Å². The van der Waals surface area contributed by atoms with Gasteiger partial charge in [-0.25, -0.2) is 4.79 Å². The Bertz CT molecular complexity index is 419. The molecule has 0 saturated heterocycles. The maximum Gasteiger partial charge on any atom is 0.338 e. The SMILES string of the molecule is C=C(C)C(=O)Oc1ccc(C(C)C)cc1O. The van der Waals surface area contributed by atoms with Crippen LogP contribution in [0.1, 0.15) is 32.3 Å². The first-order valence-electron chi connectivity index (χ1n) is 5.12. The molecule has 0 aliphatic heterocycles. The van der Waals surface area contributed by atoms with Crippen LogP contribution >= 0.6 is 0 Å². The average Bonchev–Trinajstić information content (AvgIpc) is 2.20. The van der Waals surface area contributed by atoms with Crippen LogP contribution in [0.2, 0.25) is 0 Å². The second-order valence-electron chi connectivity index (χ2n) is 4.05. The number of rotatable bonds is 3. The van der Waals surface area contributed by atoms with Crippen LogP contribution in [0.4, 0.5) is 0 Å². The van der Waals surface area contributed by atoms with Gasteiger partial charge in [-0.3, -0.25) is 0 Å². The molecule has 0 aliphatic carbocycles. The summed E-state index contributed by atoms with van der Waals surface area (Å²) >= 11 is 0. The summed E-state index contributed by atoms with van der Waals surface area (Å²) in [5.74, 6) is -0.0809. The molecule has 86 valence electrons. The second kappa shape index (κ2) is 4.84. The Morgan fingerprint density at radius 3 is 2.50 bits per heavy atom. The quantitative estimate of drug-likeness (QED) is 0.484. The van der Waals surface area contributed by atoms with E-state index >= 15 is 0 Å². The summed E-state index contributed by atoms with van der Waals surface area (Å²) in [7, 11) is 0. The van der Waals surface area contributed by atoms with E-state index in [4.69, 9.17) is 4.74 Å². The normalized spacial score (nSPS) is 10.2. The largest absolute Gasteiger partial charge is 0.504 e. The van der Waals surface area contributed by atoms with Gasteiger partial charge in [-0.15, -0.1) is 0 Å². The molecule has 0 aromatic heterocycles. The van der Waals surface area contributed by atoms with Crippen LogP contribution < -0.4 is 4.74 Å². The number of phenolic OH excluding ortho intramolecular Hbond substituents is 1. The van der Waals surface area contributed by atoms with E-state index in [1.165, 1.54) is 0 Å². The van der Waals surface area contributed by atoms with Crippen molar-refractivity contribution in [1.82, 2.24) is 0 Å². The lowest BCUT2D eigenvalue weighted by atomic mass is 10.0. The molecule has 0 radical (unpaired) electrons. The van der Waals surface area contributed by atoms with E-state index in [2.05, 4.69) is 6.58 Å². The van der Waals surface area contributed by atoms with Crippen molar-refractivity contribution in [3.63, 3.8) is 0 Å². The van der Waals surface area contributed by atoms with E-state index < -0.39 is 5.97 Å². The molecule has 16 heavy (non-hydrogen) atoms. The molecule has 0 aliphatic rings. The maximum absolute atomic E-state index is 11.3. The third kappa shape index (κ3) is 2.86. The molecular weight excluding hydrogens is 204 g/mol. The topological polar surface area (TPSA) is 46.5 Å². The highest BCUT2D eigenvalue weighted by Gasteiger charge is 2.10. The zero-order chi connectivity index (χ0) is 12.3. The Balaban J connectivity index is 2.91. The molecule has 3 heteroatoms. The molecule has 1 aromatic rings. The zero-order valence-corrected chi connectivity index (χ0v) is 9.78. The van der Waals surface area contributed by atoms with E-state index in [-0.39, 0.29) is 11.5 Å². The summed E-state index contributed by atoms with van der Waals surface area (Å²) in [6, 6.07) is 5.02. The molecule has 0 atom stereocenters. The number of phenols is 1. The lowest BCUT2D eigenvalue weighted by Gasteiger charge is -2.09. The number of ether oxygens (including phenoxy) is 1. The molecule has 1 aromatic carbocycles. The number of aromatic hydroxyl groups is 1. The monoisotopic (exact) mass is 220 g/mol. The highest BCUT2D eigenvalue weighted by atomic mass is 16.5. The molecule has 0 unspecified atom stereocenters. The van der Waals surface area contributed by atoms with E-state index in [9.17, 15) is 9.90 Å². The van der Waals surface area contributed by atoms with Crippen LogP contribution in [-0.2, 0) is 4.79 Å². The van der Waals surface area contributed by atoms with E-state index in [0.29, 0.717) is 11.5 Å². The lowest BCUT2D eigenvalue weighted by Crippen LogP contribution is -2.08. The van der Waals surface area contributed by atoms with Crippen molar-refractivity contribution in [1.29, 1.82) is 0 Å². The smallest absolute Gasteiger partial charge is 0.338 e. The van der Waals surface area contributed by atoms with E-state index in [1.807, 2.05) is 19.9 Å². The van der Waals surface area contributed by atoms with Crippen LogP contribution in [0, 0.1) is 0 Å². The second-order valence-corrected chi connectivity index (χ2v) is 4.05. The fraction of sp³-hybridized carbons (Fsp3) is 0.308. The Hall–Kier alpha value is -1.77. The molecule has 0 heterocycles. The third-order valence-corrected chi connectivity index (χ3v) is 2.20. The zero-order valence-electron chi connectivity index (χ0n) is 9.78. The lowest BCUT2D eigenvalue weighted by molar-refractivity contribution is -0.130. The maximum atomic E-state index is 11.3. The Morgan fingerprint density at radius 1 is 1.44 bits per heavy atom. The predicted molar refractivity (Wildman–Crippen MR) is 62.6 cm³/mol. The van der Waals surface area contributed by atoms with Crippen molar-refractivity contribution in [3.05, 3.63) is 35.9 Å². The Kier molecular flexibility index (Phi) is 3.72. The molecule has 1 rings (SSSR count). The van der Waals surface area contributed by atoms with Crippen molar-refractivity contribution in [3.8, 4) is 11.5 Å². The number of hydrogen-bond donors (Lipinski definition) is 1. The van der Waals surface area contributed by atoms with Crippen molar-refractivity contribution < 1.29 is 14.6 Å². The van der Waals surface area contributed by atoms with Crippen molar-refractivity contribution >= 4 is 5.97 Å². The molecule has 0 bridgehead atoms.